The van der Waals surface area contributed by atoms with Crippen molar-refractivity contribution in [1.82, 2.24) is 29.5 Å². The van der Waals surface area contributed by atoms with Crippen LogP contribution < -0.4 is 10.0 Å². The number of fused-ring (bicyclic) bond motifs is 6. The number of carbonyl (C=O) groups is 1. The molecule has 270 valence electrons. The molecule has 0 atom stereocenters. The lowest BCUT2D eigenvalue weighted by Gasteiger charge is -2.17. The second kappa shape index (κ2) is 13.8. The highest BCUT2D eigenvalue weighted by molar-refractivity contribution is 7.15. The van der Waals surface area contributed by atoms with Gasteiger partial charge >= 0.3 is 5.97 Å². The first-order chi connectivity index (χ1) is 25.5. The molecule has 53 heavy (non-hydrogen) atoms. The first kappa shape index (κ1) is 35.2. The van der Waals surface area contributed by atoms with Gasteiger partial charge in [-0.25, -0.2) is 10.0 Å². The molecule has 16 heteroatoms. The molecule has 8 rings (SSSR count). The maximum absolute atomic E-state index is 13.5. The molecule has 6 aromatic rings. The van der Waals surface area contributed by atoms with E-state index in [2.05, 4.69) is 52.7 Å². The number of nitrogens with zero attached hydrogens (tertiary/aromatic N) is 10. The molecule has 12 nitrogen and oxygen atoms in total. The van der Waals surface area contributed by atoms with Crippen molar-refractivity contribution in [3.63, 3.8) is 0 Å². The van der Waals surface area contributed by atoms with Crippen molar-refractivity contribution in [2.45, 2.75) is 47.5 Å². The number of aryl methyl sites for hydroxylation is 4. The fourth-order valence-corrected chi connectivity index (χ4v) is 9.13. The van der Waals surface area contributed by atoms with Crippen molar-refractivity contribution in [1.29, 1.82) is 0 Å². The number of carbonyl (C=O) groups excluding carboxylic acids is 1. The van der Waals surface area contributed by atoms with Gasteiger partial charge in [0.05, 0.1) is 6.61 Å². The van der Waals surface area contributed by atoms with Crippen LogP contribution in [0.1, 0.15) is 61.2 Å². The topological polar surface area (TPSA) is 119 Å². The summed E-state index contributed by atoms with van der Waals surface area (Å²) in [7, 11) is 1.87. The van der Waals surface area contributed by atoms with E-state index in [0.29, 0.717) is 40.6 Å². The Morgan fingerprint density at radius 2 is 1.26 bits per heavy atom. The molecule has 2 aliphatic heterocycles. The van der Waals surface area contributed by atoms with Crippen LogP contribution in [-0.2, 0) is 16.0 Å². The van der Waals surface area contributed by atoms with Gasteiger partial charge in [-0.05, 0) is 76.4 Å². The molecule has 0 aliphatic carbocycles. The quantitative estimate of drug-likeness (QED) is 0.114. The molecule has 0 radical (unpaired) electrons. The maximum atomic E-state index is 13.5. The molecule has 0 bridgehead atoms. The van der Waals surface area contributed by atoms with Gasteiger partial charge in [0, 0.05) is 55.5 Å². The highest BCUT2D eigenvalue weighted by Crippen LogP contribution is 2.40. The zero-order valence-electron chi connectivity index (χ0n) is 29.8. The molecule has 2 aliphatic rings. The Hall–Kier alpha value is -4.89. The van der Waals surface area contributed by atoms with Gasteiger partial charge in [-0.1, -0.05) is 47.5 Å². The first-order valence-corrected chi connectivity index (χ1v) is 19.3. The van der Waals surface area contributed by atoms with Crippen molar-refractivity contribution in [2.75, 3.05) is 30.2 Å². The van der Waals surface area contributed by atoms with E-state index in [1.54, 1.807) is 32.7 Å². The van der Waals surface area contributed by atoms with E-state index < -0.39 is 5.97 Å². The third-order valence-electron chi connectivity index (χ3n) is 9.45. The van der Waals surface area contributed by atoms with Gasteiger partial charge in [-0.2, -0.15) is 10.2 Å². The third kappa shape index (κ3) is 6.22. The fraction of sp³-hybridized carbons (Fsp3) is 0.270. The summed E-state index contributed by atoms with van der Waals surface area (Å²) in [6, 6.07) is 15.2. The van der Waals surface area contributed by atoms with Gasteiger partial charge in [-0.15, -0.1) is 43.1 Å². The number of ether oxygens (including phenoxy) is 1. The Labute approximate surface area is 324 Å². The maximum Gasteiger partial charge on any atom is 0.327 e. The molecule has 0 saturated heterocycles. The summed E-state index contributed by atoms with van der Waals surface area (Å²) in [6.07, 6.45) is 1.05. The molecular formula is C37H34Cl2N10O2S2. The molecule has 2 aromatic carbocycles. The van der Waals surface area contributed by atoms with Gasteiger partial charge in [0.25, 0.3) is 11.9 Å². The van der Waals surface area contributed by atoms with Gasteiger partial charge in [0.15, 0.2) is 0 Å². The average molecular weight is 786 g/mol. The zero-order chi connectivity index (χ0) is 37.1. The number of esters is 1. The minimum absolute atomic E-state index is 0.157. The molecule has 0 unspecified atom stereocenters. The standard InChI is InChI=1S/C37H34Cl2N10O2S2/c1-19-22(4)53-35-30(19)32(24-9-13-26(38)14-10-24)44-46(6)36-42-41-28(49(35)36)8-7-17-51-29(50)18-47-37-43-40-23(5)48(37)34-31(20(2)21(3)52-34)33(45-47)25-11-15-27(39)16-12-25/h9-16H,7-8,17-18H2,1-6H3. The SMILES string of the molecule is Cc1sc2c(c1C)C(c1ccc(Cl)cc1)=NN(C)c1nnc(CCCOC(=O)CN3N=C(c4ccc(Cl)cc4)c4c(sc(C)c4C)-n4c(C)nnc43)n1-2. The predicted molar refractivity (Wildman–Crippen MR) is 211 cm³/mol. The van der Waals surface area contributed by atoms with Crippen LogP contribution in [0.3, 0.4) is 0 Å². The van der Waals surface area contributed by atoms with E-state index in [-0.39, 0.29) is 13.2 Å². The summed E-state index contributed by atoms with van der Waals surface area (Å²) in [4.78, 5) is 15.8. The van der Waals surface area contributed by atoms with E-state index in [4.69, 9.17) is 38.1 Å². The van der Waals surface area contributed by atoms with Gasteiger partial charge < -0.3 is 4.74 Å². The normalized spacial score (nSPS) is 13.4. The Kier molecular flexibility index (Phi) is 9.17. The smallest absolute Gasteiger partial charge is 0.327 e. The number of hydrogen-bond donors (Lipinski definition) is 0. The second-order valence-electron chi connectivity index (χ2n) is 12.9. The number of thiophene rings is 2. The first-order valence-electron chi connectivity index (χ1n) is 16.9. The van der Waals surface area contributed by atoms with Crippen LogP contribution in [0.2, 0.25) is 10.0 Å². The Morgan fingerprint density at radius 1 is 0.717 bits per heavy atom. The highest BCUT2D eigenvalue weighted by atomic mass is 35.5. The Balaban J connectivity index is 1.02. The highest BCUT2D eigenvalue weighted by Gasteiger charge is 2.32. The number of halogens is 2. The van der Waals surface area contributed by atoms with Crippen LogP contribution in [0, 0.1) is 34.6 Å². The van der Waals surface area contributed by atoms with Crippen LogP contribution in [0.4, 0.5) is 11.9 Å². The lowest BCUT2D eigenvalue weighted by molar-refractivity contribution is -0.142. The summed E-state index contributed by atoms with van der Waals surface area (Å²) in [5.74, 6) is 2.05. The molecular weight excluding hydrogens is 752 g/mol. The summed E-state index contributed by atoms with van der Waals surface area (Å²) < 4.78 is 9.83. The van der Waals surface area contributed by atoms with Crippen molar-refractivity contribution in [3.05, 3.63) is 113 Å². The minimum atomic E-state index is -0.442. The monoisotopic (exact) mass is 784 g/mol. The number of hydrazone groups is 2. The molecule has 4 aromatic heterocycles. The van der Waals surface area contributed by atoms with E-state index in [0.717, 1.165) is 65.5 Å². The largest absolute Gasteiger partial charge is 0.464 e. The van der Waals surface area contributed by atoms with Gasteiger partial charge in [0.1, 0.15) is 39.6 Å². The van der Waals surface area contributed by atoms with Gasteiger partial charge in [-0.3, -0.25) is 13.9 Å². The van der Waals surface area contributed by atoms with Crippen LogP contribution in [-0.4, -0.2) is 67.1 Å². The number of hydrogen-bond acceptors (Lipinski definition) is 12. The zero-order valence-corrected chi connectivity index (χ0v) is 33.0. The third-order valence-corrected chi connectivity index (χ3v) is 12.3. The lowest BCUT2D eigenvalue weighted by atomic mass is 10.00. The van der Waals surface area contributed by atoms with Crippen molar-refractivity contribution in [3.8, 4) is 10.0 Å². The Bertz CT molecular complexity index is 2460. The predicted octanol–water partition coefficient (Wildman–Crippen LogP) is 7.77. The van der Waals surface area contributed by atoms with Crippen LogP contribution in [0.15, 0.2) is 58.7 Å². The summed E-state index contributed by atoms with van der Waals surface area (Å²) in [6.45, 7) is 10.3. The van der Waals surface area contributed by atoms with Crippen molar-refractivity contribution in [2.24, 2.45) is 10.2 Å². The molecule has 0 fully saturated rings. The van der Waals surface area contributed by atoms with Crippen molar-refractivity contribution >= 4 is 75.2 Å². The molecule has 0 saturated carbocycles. The van der Waals surface area contributed by atoms with Gasteiger partial charge in [0.2, 0.25) is 0 Å². The fourth-order valence-electron chi connectivity index (χ4n) is 6.50. The molecule has 0 N–H and O–H groups in total. The van der Waals surface area contributed by atoms with Crippen LogP contribution in [0.5, 0.6) is 0 Å². The average Bonchev–Trinajstić information content (AvgIpc) is 3.84. The molecule has 6 heterocycles. The van der Waals surface area contributed by atoms with Crippen molar-refractivity contribution < 1.29 is 9.53 Å². The summed E-state index contributed by atoms with van der Waals surface area (Å²) >= 11 is 15.8. The molecule has 0 amide bonds. The minimum Gasteiger partial charge on any atom is -0.464 e. The van der Waals surface area contributed by atoms with E-state index in [1.165, 1.54) is 4.88 Å². The number of benzene rings is 2. The van der Waals surface area contributed by atoms with Crippen LogP contribution in [0.25, 0.3) is 10.0 Å². The van der Waals surface area contributed by atoms with Crippen LogP contribution >= 0.6 is 45.9 Å². The number of anilines is 2. The number of rotatable bonds is 8. The summed E-state index contributed by atoms with van der Waals surface area (Å²) in [5, 5.41) is 34.5. The second-order valence-corrected chi connectivity index (χ2v) is 16.2. The van der Waals surface area contributed by atoms with E-state index in [9.17, 15) is 4.79 Å². The van der Waals surface area contributed by atoms with E-state index >= 15 is 0 Å². The lowest BCUT2D eigenvalue weighted by Crippen LogP contribution is -2.29. The summed E-state index contributed by atoms with van der Waals surface area (Å²) in [5.41, 5.74) is 7.64. The molecule has 0 spiro atoms. The van der Waals surface area contributed by atoms with E-state index in [1.807, 2.05) is 67.1 Å². The number of aromatic nitrogens is 6. The Morgan fingerprint density at radius 3 is 1.87 bits per heavy atom.